The molecular formula is C10H12O3. The normalized spacial score (nSPS) is 51.2. The van der Waals surface area contributed by atoms with Gasteiger partial charge < -0.3 is 9.84 Å². The number of ether oxygens (including phenoxy) is 1. The van der Waals surface area contributed by atoms with Gasteiger partial charge in [-0.1, -0.05) is 12.2 Å². The van der Waals surface area contributed by atoms with Gasteiger partial charge in [0.05, 0.1) is 12.5 Å². The Morgan fingerprint density at radius 1 is 1.46 bits per heavy atom. The molecule has 2 aliphatic carbocycles. The quantitative estimate of drug-likeness (QED) is 0.467. The molecule has 1 N–H and O–H groups in total. The van der Waals surface area contributed by atoms with Crippen LogP contribution in [-0.2, 0) is 9.53 Å². The molecular weight excluding hydrogens is 168 g/mol. The van der Waals surface area contributed by atoms with Gasteiger partial charge in [-0.3, -0.25) is 4.79 Å². The first-order chi connectivity index (χ1) is 6.31. The predicted octanol–water partition coefficient (Wildman–Crippen LogP) is 0.342. The van der Waals surface area contributed by atoms with Crippen molar-refractivity contribution < 1.29 is 14.6 Å². The van der Waals surface area contributed by atoms with Crippen molar-refractivity contribution in [3.8, 4) is 0 Å². The molecule has 5 atom stereocenters. The summed E-state index contributed by atoms with van der Waals surface area (Å²) in [6.07, 6.45) is 5.15. The van der Waals surface area contributed by atoms with Crippen LogP contribution in [0, 0.1) is 23.7 Å². The zero-order chi connectivity index (χ0) is 9.00. The first kappa shape index (κ1) is 7.56. The zero-order valence-electron chi connectivity index (χ0n) is 7.22. The third kappa shape index (κ3) is 0.804. The van der Waals surface area contributed by atoms with Gasteiger partial charge in [0, 0.05) is 5.92 Å². The van der Waals surface area contributed by atoms with Crippen molar-refractivity contribution in [1.82, 2.24) is 0 Å². The average Bonchev–Trinajstić information content (AvgIpc) is 2.76. The third-order valence-electron chi connectivity index (χ3n) is 3.67. The van der Waals surface area contributed by atoms with Crippen LogP contribution in [-0.4, -0.2) is 23.8 Å². The van der Waals surface area contributed by atoms with Crippen LogP contribution in [0.15, 0.2) is 12.2 Å². The Kier molecular flexibility index (Phi) is 1.37. The van der Waals surface area contributed by atoms with Crippen molar-refractivity contribution in [2.45, 2.75) is 12.5 Å². The van der Waals surface area contributed by atoms with Gasteiger partial charge in [-0.15, -0.1) is 0 Å². The Labute approximate surface area is 76.4 Å². The van der Waals surface area contributed by atoms with Crippen LogP contribution in [0.25, 0.3) is 0 Å². The number of carbonyl (C=O) groups is 1. The highest BCUT2D eigenvalue weighted by atomic mass is 16.6. The topological polar surface area (TPSA) is 46.5 Å². The molecule has 0 aromatic carbocycles. The molecule has 3 rings (SSSR count). The second kappa shape index (κ2) is 2.35. The summed E-state index contributed by atoms with van der Waals surface area (Å²) in [6, 6.07) is 0. The molecule has 13 heavy (non-hydrogen) atoms. The molecule has 70 valence electrons. The summed E-state index contributed by atoms with van der Waals surface area (Å²) in [5.74, 6) is 1.07. The number of hydrogen-bond acceptors (Lipinski definition) is 3. The van der Waals surface area contributed by atoms with Gasteiger partial charge in [-0.2, -0.15) is 0 Å². The summed E-state index contributed by atoms with van der Waals surface area (Å²) in [7, 11) is 0. The van der Waals surface area contributed by atoms with Crippen LogP contribution >= 0.6 is 0 Å². The van der Waals surface area contributed by atoms with Crippen molar-refractivity contribution in [2.24, 2.45) is 23.7 Å². The smallest absolute Gasteiger partial charge is 0.310 e. The summed E-state index contributed by atoms with van der Waals surface area (Å²) >= 11 is 0. The van der Waals surface area contributed by atoms with Crippen molar-refractivity contribution in [3.63, 3.8) is 0 Å². The minimum absolute atomic E-state index is 0.0238. The zero-order valence-corrected chi connectivity index (χ0v) is 7.22. The Morgan fingerprint density at radius 3 is 3.00 bits per heavy atom. The fourth-order valence-electron chi connectivity index (χ4n) is 3.16. The minimum atomic E-state index is -0.238. The number of hydrogen-bond donors (Lipinski definition) is 1. The van der Waals surface area contributed by atoms with Gasteiger partial charge in [-0.25, -0.2) is 0 Å². The molecule has 3 aliphatic rings. The van der Waals surface area contributed by atoms with Crippen molar-refractivity contribution in [1.29, 1.82) is 0 Å². The van der Waals surface area contributed by atoms with Crippen LogP contribution in [0.4, 0.5) is 0 Å². The fraction of sp³-hybridized carbons (Fsp3) is 0.700. The molecule has 0 amide bonds. The second-order valence-electron chi connectivity index (χ2n) is 4.21. The molecule has 0 unspecified atom stereocenters. The molecule has 1 saturated heterocycles. The highest BCUT2D eigenvalue weighted by molar-refractivity contribution is 5.77. The predicted molar refractivity (Wildman–Crippen MR) is 44.7 cm³/mol. The Morgan fingerprint density at radius 2 is 2.23 bits per heavy atom. The van der Waals surface area contributed by atoms with E-state index in [1.807, 2.05) is 0 Å². The van der Waals surface area contributed by atoms with E-state index in [4.69, 9.17) is 9.84 Å². The Hall–Kier alpha value is -0.830. The Balaban J connectivity index is 1.97. The molecule has 1 aliphatic heterocycles. The van der Waals surface area contributed by atoms with Gasteiger partial charge in [0.25, 0.3) is 0 Å². The summed E-state index contributed by atoms with van der Waals surface area (Å²) < 4.78 is 5.13. The summed E-state index contributed by atoms with van der Waals surface area (Å²) in [6.45, 7) is -0.0238. The van der Waals surface area contributed by atoms with E-state index >= 15 is 0 Å². The Bertz CT molecular complexity index is 284. The number of aliphatic hydroxyl groups excluding tert-OH is 1. The molecule has 0 aromatic heterocycles. The number of carbonyl (C=O) groups excluding carboxylic acids is 1. The van der Waals surface area contributed by atoms with Gasteiger partial charge >= 0.3 is 5.97 Å². The van der Waals surface area contributed by atoms with E-state index < -0.39 is 0 Å². The maximum Gasteiger partial charge on any atom is 0.310 e. The summed E-state index contributed by atoms with van der Waals surface area (Å²) in [4.78, 5) is 11.4. The van der Waals surface area contributed by atoms with Crippen LogP contribution in [0.2, 0.25) is 0 Å². The SMILES string of the molecule is O=C1O[C@H](CO)[C@H]2[C@@H]1[C@@H]1C=C[C@H]2C1. The van der Waals surface area contributed by atoms with Gasteiger partial charge in [0.1, 0.15) is 6.10 Å². The van der Waals surface area contributed by atoms with E-state index in [1.165, 1.54) is 0 Å². The number of esters is 1. The lowest BCUT2D eigenvalue weighted by Gasteiger charge is -2.19. The van der Waals surface area contributed by atoms with E-state index in [0.717, 1.165) is 6.42 Å². The molecule has 2 fully saturated rings. The summed E-state index contributed by atoms with van der Waals surface area (Å²) in [5, 5.41) is 9.06. The number of aliphatic hydroxyl groups is 1. The van der Waals surface area contributed by atoms with Gasteiger partial charge in [0.15, 0.2) is 0 Å². The van der Waals surface area contributed by atoms with E-state index in [2.05, 4.69) is 12.2 Å². The highest BCUT2D eigenvalue weighted by Crippen LogP contribution is 2.53. The van der Waals surface area contributed by atoms with E-state index in [1.54, 1.807) is 0 Å². The largest absolute Gasteiger partial charge is 0.459 e. The number of fused-ring (bicyclic) bond motifs is 5. The molecule has 0 spiro atoms. The fourth-order valence-corrected chi connectivity index (χ4v) is 3.16. The maximum atomic E-state index is 11.4. The van der Waals surface area contributed by atoms with Crippen molar-refractivity contribution in [2.75, 3.05) is 6.61 Å². The molecule has 3 heteroatoms. The minimum Gasteiger partial charge on any atom is -0.459 e. The standard InChI is InChI=1S/C10H12O3/c11-4-7-8-5-1-2-6(3-5)9(8)10(12)13-7/h1-2,5-9,11H,3-4H2/t5-,6+,7+,8-,9-/m0/s1. The molecule has 3 nitrogen and oxygen atoms in total. The molecule has 0 radical (unpaired) electrons. The van der Waals surface area contributed by atoms with Gasteiger partial charge in [0.2, 0.25) is 0 Å². The van der Waals surface area contributed by atoms with E-state index in [0.29, 0.717) is 11.8 Å². The lowest BCUT2D eigenvalue weighted by molar-refractivity contribution is -0.146. The van der Waals surface area contributed by atoms with Crippen LogP contribution in [0.1, 0.15) is 6.42 Å². The van der Waals surface area contributed by atoms with E-state index in [-0.39, 0.29) is 30.5 Å². The van der Waals surface area contributed by atoms with Crippen LogP contribution < -0.4 is 0 Å². The third-order valence-corrected chi connectivity index (χ3v) is 3.67. The first-order valence-corrected chi connectivity index (χ1v) is 4.81. The average molecular weight is 180 g/mol. The number of cyclic esters (lactones) is 1. The van der Waals surface area contributed by atoms with Crippen LogP contribution in [0.5, 0.6) is 0 Å². The highest BCUT2D eigenvalue weighted by Gasteiger charge is 2.57. The maximum absolute atomic E-state index is 11.4. The monoisotopic (exact) mass is 180 g/mol. The van der Waals surface area contributed by atoms with E-state index in [9.17, 15) is 4.79 Å². The van der Waals surface area contributed by atoms with Crippen molar-refractivity contribution in [3.05, 3.63) is 12.2 Å². The lowest BCUT2D eigenvalue weighted by atomic mass is 9.82. The number of rotatable bonds is 1. The first-order valence-electron chi connectivity index (χ1n) is 4.81. The van der Waals surface area contributed by atoms with Crippen molar-refractivity contribution >= 4 is 5.97 Å². The molecule has 1 saturated carbocycles. The lowest BCUT2D eigenvalue weighted by Crippen LogP contribution is -2.27. The summed E-state index contributed by atoms with van der Waals surface area (Å²) in [5.41, 5.74) is 0. The van der Waals surface area contributed by atoms with Crippen LogP contribution in [0.3, 0.4) is 0 Å². The molecule has 2 bridgehead atoms. The molecule has 1 heterocycles. The number of allylic oxidation sites excluding steroid dienone is 2. The second-order valence-corrected chi connectivity index (χ2v) is 4.21. The molecule has 0 aromatic rings. The van der Waals surface area contributed by atoms with Gasteiger partial charge in [-0.05, 0) is 18.3 Å².